The van der Waals surface area contributed by atoms with Gasteiger partial charge >= 0.3 is 30.9 Å². The molecule has 3 aliphatic heterocycles. The van der Waals surface area contributed by atoms with Crippen LogP contribution in [-0.2, 0) is 31.0 Å². The molecule has 3 saturated heterocycles. The Balaban J connectivity index is 2.10. The van der Waals surface area contributed by atoms with Gasteiger partial charge in [0.15, 0.2) is 5.60 Å². The molecule has 4 rings (SSSR count). The summed E-state index contributed by atoms with van der Waals surface area (Å²) in [4.78, 5) is 0. The van der Waals surface area contributed by atoms with Gasteiger partial charge in [0.1, 0.15) is 0 Å². The van der Waals surface area contributed by atoms with Crippen LogP contribution in [0.1, 0.15) is 23.6 Å². The van der Waals surface area contributed by atoms with Gasteiger partial charge in [-0.05, 0) is 30.7 Å². The van der Waals surface area contributed by atoms with Crippen molar-refractivity contribution in [2.75, 3.05) is 37.1 Å². The number of alkyl halides is 15. The molecule has 0 bridgehead atoms. The molecule has 0 saturated carbocycles. The van der Waals surface area contributed by atoms with Crippen LogP contribution in [-0.4, -0.2) is 83.7 Å². The van der Waals surface area contributed by atoms with Crippen molar-refractivity contribution in [3.8, 4) is 0 Å². The van der Waals surface area contributed by atoms with Crippen molar-refractivity contribution in [3.05, 3.63) is 34.9 Å². The summed E-state index contributed by atoms with van der Waals surface area (Å²) in [6.07, 6.45) is -32.4. The van der Waals surface area contributed by atoms with Crippen LogP contribution in [0.5, 0.6) is 0 Å². The summed E-state index contributed by atoms with van der Waals surface area (Å²) in [7, 11) is 0. The van der Waals surface area contributed by atoms with Gasteiger partial charge in [-0.15, -0.1) is 0 Å². The van der Waals surface area contributed by atoms with Crippen LogP contribution in [0.15, 0.2) is 18.2 Å². The highest BCUT2D eigenvalue weighted by Crippen LogP contribution is 2.59. The summed E-state index contributed by atoms with van der Waals surface area (Å²) >= 11 is 2.70. The van der Waals surface area contributed by atoms with Gasteiger partial charge in [0.25, 0.3) is 11.2 Å². The third kappa shape index (κ3) is 7.12. The summed E-state index contributed by atoms with van der Waals surface area (Å²) in [5.74, 6) is 0.249. The van der Waals surface area contributed by atoms with Gasteiger partial charge in [0, 0.05) is 44.1 Å². The topological polar surface area (TPSA) is 27.7 Å². The van der Waals surface area contributed by atoms with E-state index in [1.54, 1.807) is 0 Å². The maximum atomic E-state index is 14.5. The van der Waals surface area contributed by atoms with Crippen LogP contribution in [0.25, 0.3) is 0 Å². The van der Waals surface area contributed by atoms with E-state index >= 15 is 0 Å². The summed E-state index contributed by atoms with van der Waals surface area (Å²) < 4.78 is 231. The maximum absolute atomic E-state index is 14.5. The molecule has 1 aromatic rings. The zero-order valence-corrected chi connectivity index (χ0v) is 24.8. The first-order valence-electron chi connectivity index (χ1n) is 12.6. The van der Waals surface area contributed by atoms with E-state index in [1.165, 1.54) is 0 Å². The molecule has 4 unspecified atom stereocenters. The summed E-state index contributed by atoms with van der Waals surface area (Å²) in [5.41, 5.74) is -22.2. The second-order valence-corrected chi connectivity index (χ2v) is 14.5. The molecule has 0 aromatic heterocycles. The standard InChI is InChI=1S/C24H21F15O3S3/c1-17(20(25,26)27,40-5-14-8-43-14)11-2-12(18(21(28,29)30,22(31,32)33)41-6-15-9-44-15)4-13(3-11)19(23(34,35)36,24(37,38)39)42-7-16-10-45-16/h2-4,14-16H,5-10H2,1H3. The molecule has 3 aliphatic rings. The Kier molecular flexibility index (Phi) is 9.77. The molecule has 3 heterocycles. The number of hydrogen-bond donors (Lipinski definition) is 0. The van der Waals surface area contributed by atoms with Gasteiger partial charge in [-0.1, -0.05) is 0 Å². The third-order valence-electron chi connectivity index (χ3n) is 7.17. The molecule has 21 heteroatoms. The lowest BCUT2D eigenvalue weighted by atomic mass is 9.80. The Morgan fingerprint density at radius 2 is 0.756 bits per heavy atom. The molecule has 1 aromatic carbocycles. The fourth-order valence-electron chi connectivity index (χ4n) is 4.30. The van der Waals surface area contributed by atoms with Gasteiger partial charge in [-0.25, -0.2) is 0 Å². The lowest BCUT2D eigenvalue weighted by Crippen LogP contribution is -2.58. The van der Waals surface area contributed by atoms with Crippen LogP contribution in [0.4, 0.5) is 65.9 Å². The minimum absolute atomic E-state index is 0.00846. The molecular weight excluding hydrogens is 717 g/mol. The lowest BCUT2D eigenvalue weighted by Gasteiger charge is -2.42. The minimum Gasteiger partial charge on any atom is -0.360 e. The number of hydrogen-bond acceptors (Lipinski definition) is 6. The van der Waals surface area contributed by atoms with Crippen molar-refractivity contribution in [1.82, 2.24) is 0 Å². The van der Waals surface area contributed by atoms with Crippen molar-refractivity contribution in [3.63, 3.8) is 0 Å². The van der Waals surface area contributed by atoms with E-state index in [2.05, 4.69) is 9.47 Å². The van der Waals surface area contributed by atoms with E-state index in [0.29, 0.717) is 0 Å². The zero-order chi connectivity index (χ0) is 34.1. The first kappa shape index (κ1) is 36.9. The molecule has 45 heavy (non-hydrogen) atoms. The summed E-state index contributed by atoms with van der Waals surface area (Å²) in [5, 5.41) is -2.54. The Morgan fingerprint density at radius 3 is 1.00 bits per heavy atom. The molecule has 0 spiro atoms. The van der Waals surface area contributed by atoms with Crippen LogP contribution < -0.4 is 0 Å². The second kappa shape index (κ2) is 11.9. The largest absolute Gasteiger partial charge is 0.430 e. The van der Waals surface area contributed by atoms with Crippen LogP contribution in [0, 0.1) is 0 Å². The summed E-state index contributed by atoms with van der Waals surface area (Å²) in [6.45, 7) is -3.43. The molecule has 4 atom stereocenters. The van der Waals surface area contributed by atoms with Gasteiger partial charge in [-0.2, -0.15) is 101 Å². The van der Waals surface area contributed by atoms with E-state index < -0.39 is 118 Å². The molecule has 0 amide bonds. The average Bonchev–Trinajstić information content (AvgIpc) is 3.69. The number of benzene rings is 1. The van der Waals surface area contributed by atoms with Crippen molar-refractivity contribution in [2.24, 2.45) is 0 Å². The quantitative estimate of drug-likeness (QED) is 0.158. The van der Waals surface area contributed by atoms with Crippen molar-refractivity contribution in [2.45, 2.75) is 70.4 Å². The zero-order valence-electron chi connectivity index (χ0n) is 22.3. The smallest absolute Gasteiger partial charge is 0.360 e. The highest BCUT2D eigenvalue weighted by Gasteiger charge is 2.77. The van der Waals surface area contributed by atoms with E-state index in [4.69, 9.17) is 4.74 Å². The third-order valence-corrected chi connectivity index (χ3v) is 9.99. The minimum atomic E-state index is -6.65. The second-order valence-electron chi connectivity index (χ2n) is 10.5. The first-order valence-corrected chi connectivity index (χ1v) is 15.7. The van der Waals surface area contributed by atoms with Gasteiger partial charge in [0.05, 0.1) is 19.8 Å². The Bertz CT molecular complexity index is 1120. The molecule has 0 radical (unpaired) electrons. The van der Waals surface area contributed by atoms with Crippen molar-refractivity contribution < 1.29 is 80.1 Å². The fourth-order valence-corrected chi connectivity index (χ4v) is 5.49. The van der Waals surface area contributed by atoms with E-state index in [1.807, 2.05) is 0 Å². The van der Waals surface area contributed by atoms with Gasteiger partial charge in [0.2, 0.25) is 0 Å². The average molecular weight is 739 g/mol. The number of ether oxygens (including phenoxy) is 3. The number of rotatable bonds is 12. The van der Waals surface area contributed by atoms with Crippen LogP contribution >= 0.6 is 35.3 Å². The number of thioether (sulfide) groups is 3. The Morgan fingerprint density at radius 1 is 0.489 bits per heavy atom. The van der Waals surface area contributed by atoms with Gasteiger partial charge < -0.3 is 14.2 Å². The van der Waals surface area contributed by atoms with Crippen molar-refractivity contribution >= 4 is 35.3 Å². The normalized spacial score (nSPS) is 24.4. The predicted molar refractivity (Wildman–Crippen MR) is 134 cm³/mol. The lowest BCUT2D eigenvalue weighted by molar-refractivity contribution is -0.391. The van der Waals surface area contributed by atoms with E-state index in [0.717, 1.165) is 35.3 Å². The molecule has 0 N–H and O–H groups in total. The van der Waals surface area contributed by atoms with Crippen LogP contribution in [0.2, 0.25) is 0 Å². The summed E-state index contributed by atoms with van der Waals surface area (Å²) in [6, 6.07) is -1.60. The first-order chi connectivity index (χ1) is 20.3. The highest BCUT2D eigenvalue weighted by atomic mass is 32.2. The Labute approximate surface area is 257 Å². The SMILES string of the molecule is CC(OCC1CS1)(c1cc(C(OCC2CS2)(C(F)(F)F)C(F)(F)F)cc(C(OCC2CS2)(C(F)(F)F)C(F)(F)F)c1)C(F)(F)F. The fraction of sp³-hybridized carbons (Fsp3) is 0.750. The Hall–Kier alpha value is -0.900. The molecule has 3 nitrogen and oxygen atoms in total. The number of halogens is 15. The highest BCUT2D eigenvalue weighted by molar-refractivity contribution is 8.07. The van der Waals surface area contributed by atoms with Gasteiger partial charge in [-0.3, -0.25) is 0 Å². The molecule has 3 fully saturated rings. The predicted octanol–water partition coefficient (Wildman–Crippen LogP) is 8.50. The van der Waals surface area contributed by atoms with Crippen LogP contribution in [0.3, 0.4) is 0 Å². The maximum Gasteiger partial charge on any atom is 0.430 e. The molecular formula is C24H21F15O3S3. The van der Waals surface area contributed by atoms with Crippen molar-refractivity contribution in [1.29, 1.82) is 0 Å². The monoisotopic (exact) mass is 738 g/mol. The van der Waals surface area contributed by atoms with E-state index in [-0.39, 0.29) is 24.2 Å². The van der Waals surface area contributed by atoms with E-state index in [9.17, 15) is 65.9 Å². The molecule has 258 valence electrons. The molecule has 0 aliphatic carbocycles.